The van der Waals surface area contributed by atoms with Crippen molar-refractivity contribution in [2.24, 2.45) is 5.92 Å². The zero-order valence-electron chi connectivity index (χ0n) is 12.6. The fourth-order valence-corrected chi connectivity index (χ4v) is 2.49. The van der Waals surface area contributed by atoms with Crippen LogP contribution in [0.2, 0.25) is 0 Å². The van der Waals surface area contributed by atoms with E-state index in [-0.39, 0.29) is 0 Å². The number of hydrogen-bond acceptors (Lipinski definition) is 4. The molecule has 0 amide bonds. The highest BCUT2D eigenvalue weighted by molar-refractivity contribution is 5.42. The van der Waals surface area contributed by atoms with Gasteiger partial charge in [-0.1, -0.05) is 12.8 Å². The zero-order chi connectivity index (χ0) is 14.4. The number of hydrogen-bond donors (Lipinski definition) is 0. The third-order valence-electron chi connectivity index (χ3n) is 3.86. The lowest BCUT2D eigenvalue weighted by atomic mass is 10.0. The summed E-state index contributed by atoms with van der Waals surface area (Å²) in [5, 5.41) is 0. The topological polar surface area (TPSA) is 38.2 Å². The van der Waals surface area contributed by atoms with Gasteiger partial charge in [0, 0.05) is 18.7 Å². The molecule has 0 aliphatic carbocycles. The van der Waals surface area contributed by atoms with Crippen molar-refractivity contribution >= 4 is 5.82 Å². The van der Waals surface area contributed by atoms with Gasteiger partial charge in [-0.2, -0.15) is 0 Å². The highest BCUT2D eigenvalue weighted by atomic mass is 16.5. The fraction of sp³-hybridized carbons (Fsp3) is 0.625. The molecule has 1 fully saturated rings. The van der Waals surface area contributed by atoms with E-state index in [1.165, 1.54) is 19.3 Å². The molecular formula is C16H23N3O. The molecular weight excluding hydrogens is 250 g/mol. The van der Waals surface area contributed by atoms with Crippen molar-refractivity contribution in [3.8, 4) is 17.7 Å². The molecule has 1 aromatic heterocycles. The van der Waals surface area contributed by atoms with Gasteiger partial charge in [0.1, 0.15) is 12.1 Å². The summed E-state index contributed by atoms with van der Waals surface area (Å²) in [6, 6.07) is 2.43. The molecule has 2 rings (SSSR count). The molecule has 1 aromatic rings. The zero-order valence-corrected chi connectivity index (χ0v) is 12.6. The van der Waals surface area contributed by atoms with Gasteiger partial charge in [0.05, 0.1) is 0 Å². The molecule has 0 bridgehead atoms. The van der Waals surface area contributed by atoms with Gasteiger partial charge in [-0.15, -0.1) is 5.92 Å². The van der Waals surface area contributed by atoms with Crippen LogP contribution in [-0.4, -0.2) is 29.2 Å². The third kappa shape index (κ3) is 3.86. The van der Waals surface area contributed by atoms with E-state index in [4.69, 9.17) is 4.74 Å². The Balaban J connectivity index is 2.09. The molecule has 2 atom stereocenters. The lowest BCUT2D eigenvalue weighted by molar-refractivity contribution is 0.354. The van der Waals surface area contributed by atoms with E-state index in [2.05, 4.69) is 40.6 Å². The predicted octanol–water partition coefficient (Wildman–Crippen LogP) is 2.89. The van der Waals surface area contributed by atoms with E-state index in [0.29, 0.717) is 18.5 Å². The Hall–Kier alpha value is -1.76. The maximum Gasteiger partial charge on any atom is 0.219 e. The van der Waals surface area contributed by atoms with E-state index >= 15 is 0 Å². The van der Waals surface area contributed by atoms with Crippen LogP contribution in [0.3, 0.4) is 0 Å². The van der Waals surface area contributed by atoms with Crippen LogP contribution in [0.5, 0.6) is 5.88 Å². The third-order valence-corrected chi connectivity index (χ3v) is 3.86. The quantitative estimate of drug-likeness (QED) is 0.794. The van der Waals surface area contributed by atoms with Crippen LogP contribution in [0.1, 0.15) is 40.0 Å². The van der Waals surface area contributed by atoms with Crippen molar-refractivity contribution in [1.29, 1.82) is 0 Å². The molecule has 0 radical (unpaired) electrons. The minimum Gasteiger partial charge on any atom is -0.464 e. The van der Waals surface area contributed by atoms with Crippen LogP contribution >= 0.6 is 0 Å². The summed E-state index contributed by atoms with van der Waals surface area (Å²) in [5.74, 6) is 8.03. The molecule has 20 heavy (non-hydrogen) atoms. The Labute approximate surface area is 121 Å². The van der Waals surface area contributed by atoms with Crippen molar-refractivity contribution in [2.45, 2.75) is 46.1 Å². The number of aromatic nitrogens is 2. The molecule has 0 aromatic carbocycles. The van der Waals surface area contributed by atoms with Crippen molar-refractivity contribution < 1.29 is 4.74 Å². The van der Waals surface area contributed by atoms with E-state index in [9.17, 15) is 0 Å². The summed E-state index contributed by atoms with van der Waals surface area (Å²) in [4.78, 5) is 10.9. The van der Waals surface area contributed by atoms with Crippen LogP contribution < -0.4 is 9.64 Å². The maximum atomic E-state index is 5.51. The van der Waals surface area contributed by atoms with Gasteiger partial charge >= 0.3 is 0 Å². The van der Waals surface area contributed by atoms with Crippen LogP contribution in [0, 0.1) is 17.8 Å². The fourth-order valence-electron chi connectivity index (χ4n) is 2.49. The Kier molecular flexibility index (Phi) is 5.23. The normalized spacial score (nSPS) is 22.6. The van der Waals surface area contributed by atoms with Gasteiger partial charge in [-0.25, -0.2) is 9.97 Å². The van der Waals surface area contributed by atoms with Gasteiger partial charge in [0.15, 0.2) is 6.61 Å². The van der Waals surface area contributed by atoms with Crippen molar-refractivity contribution in [2.75, 3.05) is 18.1 Å². The molecule has 0 spiro atoms. The Morgan fingerprint density at radius 3 is 2.95 bits per heavy atom. The number of ether oxygens (including phenoxy) is 1. The summed E-state index contributed by atoms with van der Waals surface area (Å²) < 4.78 is 5.51. The average Bonchev–Trinajstić information content (AvgIpc) is 2.62. The molecule has 4 heteroatoms. The first-order valence-electron chi connectivity index (χ1n) is 7.31. The van der Waals surface area contributed by atoms with Gasteiger partial charge in [-0.3, -0.25) is 0 Å². The molecule has 0 N–H and O–H groups in total. The van der Waals surface area contributed by atoms with Crippen molar-refractivity contribution in [3.63, 3.8) is 0 Å². The summed E-state index contributed by atoms with van der Waals surface area (Å²) in [6.45, 7) is 7.82. The minimum absolute atomic E-state index is 0.375. The van der Waals surface area contributed by atoms with Crippen LogP contribution in [0.25, 0.3) is 0 Å². The van der Waals surface area contributed by atoms with Crippen LogP contribution in [0.4, 0.5) is 5.82 Å². The Morgan fingerprint density at radius 2 is 2.15 bits per heavy atom. The summed E-state index contributed by atoms with van der Waals surface area (Å²) in [5.41, 5.74) is 0. The Morgan fingerprint density at radius 1 is 1.30 bits per heavy atom. The van der Waals surface area contributed by atoms with Gasteiger partial charge in [-0.05, 0) is 39.0 Å². The number of anilines is 1. The van der Waals surface area contributed by atoms with Crippen LogP contribution in [-0.2, 0) is 0 Å². The average molecular weight is 273 g/mol. The lowest BCUT2D eigenvalue weighted by Crippen LogP contribution is -2.33. The first-order chi connectivity index (χ1) is 9.70. The van der Waals surface area contributed by atoms with E-state index < -0.39 is 0 Å². The largest absolute Gasteiger partial charge is 0.464 e. The summed E-state index contributed by atoms with van der Waals surface area (Å²) >= 11 is 0. The van der Waals surface area contributed by atoms with Crippen LogP contribution in [0.15, 0.2) is 12.4 Å². The molecule has 2 unspecified atom stereocenters. The van der Waals surface area contributed by atoms with E-state index in [0.717, 1.165) is 18.3 Å². The second-order valence-corrected chi connectivity index (χ2v) is 5.44. The monoisotopic (exact) mass is 273 g/mol. The van der Waals surface area contributed by atoms with Gasteiger partial charge in [0.25, 0.3) is 0 Å². The Bertz CT molecular complexity index is 492. The van der Waals surface area contributed by atoms with Gasteiger partial charge in [0.2, 0.25) is 5.88 Å². The smallest absolute Gasteiger partial charge is 0.219 e. The van der Waals surface area contributed by atoms with Crippen molar-refractivity contribution in [1.82, 2.24) is 9.97 Å². The second-order valence-electron chi connectivity index (χ2n) is 5.44. The molecule has 2 heterocycles. The molecule has 108 valence electrons. The standard InChI is InChI=1S/C16H23N3O/c1-4-5-10-20-16-11-15(17-12-18-16)19-9-8-13(2)6-7-14(19)3/h11-14H,6-10H2,1-3H3. The van der Waals surface area contributed by atoms with Gasteiger partial charge < -0.3 is 9.64 Å². The lowest BCUT2D eigenvalue weighted by Gasteiger charge is -2.28. The maximum absolute atomic E-state index is 5.51. The number of nitrogens with zero attached hydrogens (tertiary/aromatic N) is 3. The summed E-state index contributed by atoms with van der Waals surface area (Å²) in [6.07, 6.45) is 5.29. The molecule has 1 aliphatic heterocycles. The van der Waals surface area contributed by atoms with E-state index in [1.54, 1.807) is 13.3 Å². The highest BCUT2D eigenvalue weighted by Gasteiger charge is 2.21. The second kappa shape index (κ2) is 7.14. The number of rotatable bonds is 3. The predicted molar refractivity (Wildman–Crippen MR) is 80.8 cm³/mol. The summed E-state index contributed by atoms with van der Waals surface area (Å²) in [7, 11) is 0. The first kappa shape index (κ1) is 14.6. The minimum atomic E-state index is 0.375. The highest BCUT2D eigenvalue weighted by Crippen LogP contribution is 2.26. The van der Waals surface area contributed by atoms with Crippen molar-refractivity contribution in [3.05, 3.63) is 12.4 Å². The molecule has 0 saturated carbocycles. The van der Waals surface area contributed by atoms with E-state index in [1.807, 2.05) is 6.07 Å². The molecule has 4 nitrogen and oxygen atoms in total. The molecule has 1 aliphatic rings. The first-order valence-corrected chi connectivity index (χ1v) is 7.31. The SMILES string of the molecule is CC#CCOc1cc(N2CCC(C)CCC2C)ncn1. The molecule has 1 saturated heterocycles.